The highest BCUT2D eigenvalue weighted by atomic mass is 16.1. The third-order valence-electron chi connectivity index (χ3n) is 9.19. The summed E-state index contributed by atoms with van der Waals surface area (Å²) in [6.45, 7) is 10.0. The van der Waals surface area contributed by atoms with Crippen molar-refractivity contribution >= 4 is 16.8 Å². The number of fused-ring (bicyclic) bond motifs is 3. The van der Waals surface area contributed by atoms with E-state index in [9.17, 15) is 4.79 Å². The van der Waals surface area contributed by atoms with Crippen molar-refractivity contribution in [3.8, 4) is 0 Å². The van der Waals surface area contributed by atoms with E-state index in [1.807, 2.05) is 0 Å². The van der Waals surface area contributed by atoms with Crippen molar-refractivity contribution in [2.75, 3.05) is 13.6 Å². The molecule has 4 saturated carbocycles. The van der Waals surface area contributed by atoms with E-state index in [4.69, 9.17) is 0 Å². The van der Waals surface area contributed by atoms with E-state index < -0.39 is 0 Å². The first-order valence-electron chi connectivity index (χ1n) is 12.8. The third kappa shape index (κ3) is 3.32. The van der Waals surface area contributed by atoms with Crippen LogP contribution in [0.3, 0.4) is 0 Å². The molecule has 4 heteroatoms. The predicted octanol–water partition coefficient (Wildman–Crippen LogP) is 5.19. The summed E-state index contributed by atoms with van der Waals surface area (Å²) in [4.78, 5) is 15.7. The van der Waals surface area contributed by atoms with Crippen molar-refractivity contribution < 1.29 is 4.79 Å². The molecular formula is C28H39N3O. The maximum Gasteiger partial charge on any atom is 0.222 e. The van der Waals surface area contributed by atoms with Gasteiger partial charge in [-0.1, -0.05) is 25.5 Å². The van der Waals surface area contributed by atoms with Crippen LogP contribution in [0, 0.1) is 23.7 Å². The highest BCUT2D eigenvalue weighted by molar-refractivity contribution is 5.87. The Labute approximate surface area is 192 Å². The topological polar surface area (TPSA) is 37.3 Å². The first-order chi connectivity index (χ1) is 15.1. The molecule has 4 fully saturated rings. The van der Waals surface area contributed by atoms with Crippen LogP contribution in [0.15, 0.2) is 18.2 Å². The Bertz CT molecular complexity index is 1080. The fraction of sp³-hybridized carbons (Fsp3) is 0.679. The Morgan fingerprint density at radius 1 is 1.12 bits per heavy atom. The standard InChI is InChI=1S/C28H39N3O/c1-19-5-6-23-21(11-19)22-15-30(4)9-7-24(22)31(23)10-8-25(32)29-28-14-20-12-26(2,17-28)16-27(3,13-20)18-28/h5-6,11,20H,7-10,12-18H2,1-4H3,(H,29,32). The highest BCUT2D eigenvalue weighted by Crippen LogP contribution is 2.66. The smallest absolute Gasteiger partial charge is 0.222 e. The minimum atomic E-state index is 0.0536. The van der Waals surface area contributed by atoms with E-state index in [0.29, 0.717) is 17.3 Å². The zero-order valence-corrected chi connectivity index (χ0v) is 20.4. The molecule has 4 bridgehead atoms. The molecule has 0 saturated heterocycles. The fourth-order valence-corrected chi connectivity index (χ4v) is 9.11. The molecule has 172 valence electrons. The molecule has 0 spiro atoms. The molecular weight excluding hydrogens is 394 g/mol. The van der Waals surface area contributed by atoms with Gasteiger partial charge in [-0.2, -0.15) is 0 Å². The number of nitrogens with zero attached hydrogens (tertiary/aromatic N) is 2. The van der Waals surface area contributed by atoms with Gasteiger partial charge in [0.15, 0.2) is 0 Å². The number of rotatable bonds is 4. The van der Waals surface area contributed by atoms with E-state index in [1.54, 1.807) is 0 Å². The van der Waals surface area contributed by atoms with E-state index in [1.165, 1.54) is 66.2 Å². The summed E-state index contributed by atoms with van der Waals surface area (Å²) >= 11 is 0. The first kappa shape index (κ1) is 20.8. The van der Waals surface area contributed by atoms with Gasteiger partial charge in [0.2, 0.25) is 5.91 Å². The van der Waals surface area contributed by atoms with Crippen LogP contribution in [0.1, 0.15) is 75.6 Å². The molecule has 1 amide bonds. The minimum absolute atomic E-state index is 0.0536. The lowest BCUT2D eigenvalue weighted by Crippen LogP contribution is -2.65. The number of carbonyl (C=O) groups excluding carboxylic acids is 1. The number of likely N-dealkylation sites (N-methyl/N-ethyl adjacent to an activating group) is 1. The molecule has 1 aromatic heterocycles. The Morgan fingerprint density at radius 3 is 2.59 bits per heavy atom. The van der Waals surface area contributed by atoms with E-state index in [0.717, 1.165) is 32.0 Å². The second-order valence-electron chi connectivity index (χ2n) is 12.8. The van der Waals surface area contributed by atoms with Gasteiger partial charge in [-0.25, -0.2) is 0 Å². The average molecular weight is 434 g/mol. The molecule has 2 atom stereocenters. The first-order valence-corrected chi connectivity index (χ1v) is 12.8. The van der Waals surface area contributed by atoms with Gasteiger partial charge in [-0.15, -0.1) is 0 Å². The zero-order valence-electron chi connectivity index (χ0n) is 20.4. The molecule has 7 rings (SSSR count). The Kier molecular flexibility index (Phi) is 4.45. The van der Waals surface area contributed by atoms with Gasteiger partial charge in [-0.05, 0) is 86.9 Å². The van der Waals surface area contributed by atoms with E-state index >= 15 is 0 Å². The molecule has 4 nitrogen and oxygen atoms in total. The van der Waals surface area contributed by atoms with Gasteiger partial charge < -0.3 is 14.8 Å². The summed E-state index contributed by atoms with van der Waals surface area (Å²) in [7, 11) is 2.21. The summed E-state index contributed by atoms with van der Waals surface area (Å²) in [5.41, 5.74) is 6.46. The summed E-state index contributed by atoms with van der Waals surface area (Å²) in [5.74, 6) is 1.07. The number of carbonyl (C=O) groups is 1. The van der Waals surface area contributed by atoms with Crippen LogP contribution < -0.4 is 5.32 Å². The summed E-state index contributed by atoms with van der Waals surface area (Å²) < 4.78 is 2.46. The van der Waals surface area contributed by atoms with Crippen LogP contribution in [0.25, 0.3) is 10.9 Å². The number of aryl methyl sites for hydroxylation is 2. The van der Waals surface area contributed by atoms with Crippen molar-refractivity contribution in [1.29, 1.82) is 0 Å². The number of hydrogen-bond donors (Lipinski definition) is 1. The van der Waals surface area contributed by atoms with Gasteiger partial charge in [0, 0.05) is 54.6 Å². The largest absolute Gasteiger partial charge is 0.351 e. The fourth-order valence-electron chi connectivity index (χ4n) is 9.11. The molecule has 1 N–H and O–H groups in total. The monoisotopic (exact) mass is 433 g/mol. The van der Waals surface area contributed by atoms with Crippen LogP contribution in [-0.4, -0.2) is 34.5 Å². The van der Waals surface area contributed by atoms with Crippen LogP contribution in [0.2, 0.25) is 0 Å². The highest BCUT2D eigenvalue weighted by Gasteiger charge is 2.60. The predicted molar refractivity (Wildman–Crippen MR) is 130 cm³/mol. The normalized spacial score (nSPS) is 35.9. The molecule has 0 radical (unpaired) electrons. The lowest BCUT2D eigenvalue weighted by Gasteiger charge is -2.65. The van der Waals surface area contributed by atoms with Crippen LogP contribution in [0.4, 0.5) is 0 Å². The quantitative estimate of drug-likeness (QED) is 0.720. The lowest BCUT2D eigenvalue weighted by atomic mass is 9.43. The average Bonchev–Trinajstić information content (AvgIpc) is 2.95. The third-order valence-corrected chi connectivity index (χ3v) is 9.19. The Hall–Kier alpha value is -1.81. The number of nitrogens with one attached hydrogen (secondary N) is 1. The summed E-state index contributed by atoms with van der Waals surface area (Å²) in [5, 5.41) is 5.00. The number of benzene rings is 1. The number of hydrogen-bond acceptors (Lipinski definition) is 2. The maximum absolute atomic E-state index is 13.3. The number of amides is 1. The Morgan fingerprint density at radius 2 is 1.88 bits per heavy atom. The van der Waals surface area contributed by atoms with E-state index in [2.05, 4.69) is 60.8 Å². The molecule has 4 aliphatic carbocycles. The zero-order chi connectivity index (χ0) is 22.3. The van der Waals surface area contributed by atoms with Crippen molar-refractivity contribution in [2.24, 2.45) is 16.7 Å². The van der Waals surface area contributed by atoms with Gasteiger partial charge >= 0.3 is 0 Å². The summed E-state index contributed by atoms with van der Waals surface area (Å²) in [6.07, 6.45) is 9.33. The second-order valence-corrected chi connectivity index (χ2v) is 12.8. The molecule has 2 aromatic rings. The van der Waals surface area contributed by atoms with Crippen LogP contribution in [0.5, 0.6) is 0 Å². The molecule has 32 heavy (non-hydrogen) atoms. The van der Waals surface area contributed by atoms with Gasteiger partial charge in [0.25, 0.3) is 0 Å². The van der Waals surface area contributed by atoms with Crippen molar-refractivity contribution in [3.63, 3.8) is 0 Å². The number of aromatic nitrogens is 1. The molecule has 2 unspecified atom stereocenters. The second kappa shape index (κ2) is 6.85. The van der Waals surface area contributed by atoms with Crippen molar-refractivity contribution in [1.82, 2.24) is 14.8 Å². The van der Waals surface area contributed by atoms with Gasteiger partial charge in [0.1, 0.15) is 0 Å². The minimum Gasteiger partial charge on any atom is -0.351 e. The van der Waals surface area contributed by atoms with Crippen LogP contribution in [-0.2, 0) is 24.3 Å². The maximum atomic E-state index is 13.3. The molecule has 2 heterocycles. The Balaban J connectivity index is 1.23. The van der Waals surface area contributed by atoms with Crippen LogP contribution >= 0.6 is 0 Å². The molecule has 5 aliphatic rings. The van der Waals surface area contributed by atoms with Crippen molar-refractivity contribution in [2.45, 2.75) is 90.8 Å². The lowest BCUT2D eigenvalue weighted by molar-refractivity contribution is -0.139. The summed E-state index contributed by atoms with van der Waals surface area (Å²) in [6, 6.07) is 6.81. The molecule has 1 aliphatic heterocycles. The van der Waals surface area contributed by atoms with Crippen molar-refractivity contribution in [3.05, 3.63) is 35.0 Å². The van der Waals surface area contributed by atoms with Gasteiger partial charge in [-0.3, -0.25) is 4.79 Å². The van der Waals surface area contributed by atoms with Gasteiger partial charge in [0.05, 0.1) is 0 Å². The van der Waals surface area contributed by atoms with E-state index in [-0.39, 0.29) is 11.4 Å². The SMILES string of the molecule is Cc1ccc2c(c1)c1c(n2CCC(=O)NC23CC4CC(C)(CC(C)(C4)C2)C3)CCN(C)C1. The molecule has 1 aromatic carbocycles.